The first-order chi connectivity index (χ1) is 26.5. The quantitative estimate of drug-likeness (QED) is 0.122. The summed E-state index contributed by atoms with van der Waals surface area (Å²) in [6.07, 6.45) is 2.60. The molecule has 0 spiro atoms. The second kappa shape index (κ2) is 19.1. The van der Waals surface area contributed by atoms with Crippen LogP contribution in [0.1, 0.15) is 75.1 Å². The number of nitrogens with zero attached hydrogens (tertiary/aromatic N) is 1. The Hall–Kier alpha value is -5.64. The molecule has 5 rings (SSSR count). The van der Waals surface area contributed by atoms with Gasteiger partial charge < -0.3 is 29.7 Å². The Morgan fingerprint density at radius 2 is 1.20 bits per heavy atom. The minimum Gasteiger partial charge on any atom is -0.497 e. The lowest BCUT2D eigenvalue weighted by molar-refractivity contribution is -0.161. The third kappa shape index (κ3) is 11.7. The Kier molecular flexibility index (Phi) is 14.1. The van der Waals surface area contributed by atoms with Crippen molar-refractivity contribution in [3.8, 4) is 5.75 Å². The largest absolute Gasteiger partial charge is 0.497 e. The fraction of sp³-hybridized carbons (Fsp3) is 0.378. The normalized spacial score (nSPS) is 14.8. The van der Waals surface area contributed by atoms with E-state index in [-0.39, 0.29) is 26.0 Å². The summed E-state index contributed by atoms with van der Waals surface area (Å²) in [6.45, 7) is 5.45. The van der Waals surface area contributed by atoms with Gasteiger partial charge in [-0.1, -0.05) is 122 Å². The molecule has 1 aliphatic carbocycles. The SMILES string of the molecule is COc1ccc(CN(C(=O)[C@H](Cc2ccccc2)NC(=O)OCc2ccccc2)C2(C(=O)N[C@@H](Cc3ccccc3)C(=O)OC(C)(C)C)CCCCC2)cc1. The molecule has 1 saturated carbocycles. The van der Waals surface area contributed by atoms with Gasteiger partial charge in [-0.3, -0.25) is 9.59 Å². The third-order valence-corrected chi connectivity index (χ3v) is 9.75. The molecule has 0 heterocycles. The Morgan fingerprint density at radius 1 is 0.673 bits per heavy atom. The van der Waals surface area contributed by atoms with E-state index in [0.717, 1.165) is 28.7 Å². The van der Waals surface area contributed by atoms with Crippen LogP contribution in [0.2, 0.25) is 0 Å². The summed E-state index contributed by atoms with van der Waals surface area (Å²) in [7, 11) is 1.58. The van der Waals surface area contributed by atoms with Crippen molar-refractivity contribution >= 4 is 23.9 Å². The average molecular weight is 748 g/mol. The maximum Gasteiger partial charge on any atom is 0.408 e. The van der Waals surface area contributed by atoms with E-state index >= 15 is 9.59 Å². The molecule has 0 bridgehead atoms. The smallest absolute Gasteiger partial charge is 0.408 e. The number of alkyl carbamates (subject to hydrolysis) is 1. The summed E-state index contributed by atoms with van der Waals surface area (Å²) >= 11 is 0. The maximum absolute atomic E-state index is 15.3. The number of carbonyl (C=O) groups is 4. The zero-order chi connectivity index (χ0) is 39.3. The molecule has 3 amide bonds. The molecule has 0 aromatic heterocycles. The number of ether oxygens (including phenoxy) is 3. The second-order valence-corrected chi connectivity index (χ2v) is 15.1. The molecule has 4 aromatic rings. The fourth-order valence-electron chi connectivity index (χ4n) is 6.96. The number of hydrogen-bond donors (Lipinski definition) is 2. The van der Waals surface area contributed by atoms with Crippen molar-refractivity contribution in [3.63, 3.8) is 0 Å². The first-order valence-corrected chi connectivity index (χ1v) is 19.0. The van der Waals surface area contributed by atoms with Gasteiger partial charge in [0.2, 0.25) is 11.8 Å². The highest BCUT2D eigenvalue weighted by atomic mass is 16.6. The molecule has 0 saturated heterocycles. The van der Waals surface area contributed by atoms with Crippen molar-refractivity contribution in [2.24, 2.45) is 0 Å². The van der Waals surface area contributed by atoms with Crippen LogP contribution >= 0.6 is 0 Å². The van der Waals surface area contributed by atoms with Gasteiger partial charge >= 0.3 is 12.1 Å². The van der Waals surface area contributed by atoms with Crippen molar-refractivity contribution < 1.29 is 33.4 Å². The van der Waals surface area contributed by atoms with Crippen LogP contribution < -0.4 is 15.4 Å². The fourth-order valence-corrected chi connectivity index (χ4v) is 6.96. The van der Waals surface area contributed by atoms with E-state index in [1.807, 2.05) is 115 Å². The van der Waals surface area contributed by atoms with Gasteiger partial charge in [-0.2, -0.15) is 0 Å². The molecule has 2 N–H and O–H groups in total. The van der Waals surface area contributed by atoms with Crippen LogP contribution in [0.3, 0.4) is 0 Å². The summed E-state index contributed by atoms with van der Waals surface area (Å²) < 4.78 is 16.8. The summed E-state index contributed by atoms with van der Waals surface area (Å²) in [5.74, 6) is -0.789. The first kappa shape index (κ1) is 40.5. The molecule has 1 aliphatic rings. The van der Waals surface area contributed by atoms with Crippen molar-refractivity contribution in [1.82, 2.24) is 15.5 Å². The topological polar surface area (TPSA) is 123 Å². The van der Waals surface area contributed by atoms with Crippen molar-refractivity contribution in [1.29, 1.82) is 0 Å². The van der Waals surface area contributed by atoms with E-state index in [1.54, 1.807) is 32.8 Å². The van der Waals surface area contributed by atoms with Crippen LogP contribution in [0.25, 0.3) is 0 Å². The minimum atomic E-state index is -1.35. The Balaban J connectivity index is 1.53. The number of methoxy groups -OCH3 is 1. The molecular formula is C45H53N3O7. The molecule has 10 nitrogen and oxygen atoms in total. The van der Waals surface area contributed by atoms with Crippen LogP contribution in [0.4, 0.5) is 4.79 Å². The van der Waals surface area contributed by atoms with E-state index in [2.05, 4.69) is 10.6 Å². The number of carbonyl (C=O) groups excluding carboxylic acids is 4. The van der Waals surface area contributed by atoms with E-state index in [1.165, 1.54) is 0 Å². The molecule has 0 aliphatic heterocycles. The van der Waals surface area contributed by atoms with Gasteiger partial charge in [-0.15, -0.1) is 0 Å². The lowest BCUT2D eigenvalue weighted by Crippen LogP contribution is -2.66. The van der Waals surface area contributed by atoms with Crippen molar-refractivity contribution in [2.75, 3.05) is 7.11 Å². The number of amides is 3. The molecular weight excluding hydrogens is 695 g/mol. The predicted molar refractivity (Wildman–Crippen MR) is 211 cm³/mol. The van der Waals surface area contributed by atoms with Crippen LogP contribution in [-0.2, 0) is 49.9 Å². The van der Waals surface area contributed by atoms with Gasteiger partial charge in [0.15, 0.2) is 0 Å². The molecule has 55 heavy (non-hydrogen) atoms. The highest BCUT2D eigenvalue weighted by molar-refractivity contribution is 5.96. The first-order valence-electron chi connectivity index (χ1n) is 19.0. The zero-order valence-corrected chi connectivity index (χ0v) is 32.3. The van der Waals surface area contributed by atoms with Gasteiger partial charge in [0.1, 0.15) is 35.6 Å². The summed E-state index contributed by atoms with van der Waals surface area (Å²) in [6, 6.07) is 33.4. The lowest BCUT2D eigenvalue weighted by atomic mass is 9.78. The molecule has 2 atom stereocenters. The number of nitrogens with one attached hydrogen (secondary N) is 2. The Morgan fingerprint density at radius 3 is 1.73 bits per heavy atom. The highest BCUT2D eigenvalue weighted by Gasteiger charge is 2.49. The number of esters is 1. The van der Waals surface area contributed by atoms with Gasteiger partial charge in [0.05, 0.1) is 7.11 Å². The highest BCUT2D eigenvalue weighted by Crippen LogP contribution is 2.37. The van der Waals surface area contributed by atoms with Crippen molar-refractivity contribution in [2.45, 2.75) is 102 Å². The van der Waals surface area contributed by atoms with Gasteiger partial charge in [0.25, 0.3) is 0 Å². The monoisotopic (exact) mass is 747 g/mol. The van der Waals surface area contributed by atoms with E-state index in [4.69, 9.17) is 14.2 Å². The van der Waals surface area contributed by atoms with Gasteiger partial charge in [0, 0.05) is 19.4 Å². The zero-order valence-electron chi connectivity index (χ0n) is 32.3. The maximum atomic E-state index is 15.3. The van der Waals surface area contributed by atoms with Crippen LogP contribution in [0.5, 0.6) is 5.75 Å². The standard InChI is InChI=1S/C45H53N3O7/c1-44(2,3)55-41(50)39(30-34-19-11-6-12-20-34)46-42(51)45(27-15-8-16-28-45)48(31-35-23-25-37(53-4)26-24-35)40(49)38(29-33-17-9-5-10-18-33)47-43(52)54-32-36-21-13-7-14-22-36/h5-7,9-14,17-26,38-39H,8,15-16,27-32H2,1-4H3,(H,46,51)(H,47,52)/t38-,39-/m0/s1. The molecule has 4 aromatic carbocycles. The van der Waals surface area contributed by atoms with E-state index < -0.39 is 47.1 Å². The van der Waals surface area contributed by atoms with Crippen LogP contribution in [0, 0.1) is 0 Å². The number of hydrogen-bond acceptors (Lipinski definition) is 7. The minimum absolute atomic E-state index is 0.0221. The molecule has 10 heteroatoms. The Bertz CT molecular complexity index is 1840. The Labute approximate surface area is 324 Å². The average Bonchev–Trinajstić information content (AvgIpc) is 3.19. The van der Waals surface area contributed by atoms with E-state index in [9.17, 15) is 9.59 Å². The number of benzene rings is 4. The molecule has 290 valence electrons. The molecule has 1 fully saturated rings. The number of rotatable bonds is 15. The lowest BCUT2D eigenvalue weighted by Gasteiger charge is -2.46. The van der Waals surface area contributed by atoms with Crippen LogP contribution in [-0.4, -0.2) is 59.1 Å². The van der Waals surface area contributed by atoms with Gasteiger partial charge in [-0.25, -0.2) is 9.59 Å². The third-order valence-electron chi connectivity index (χ3n) is 9.75. The van der Waals surface area contributed by atoms with E-state index in [0.29, 0.717) is 31.4 Å². The van der Waals surface area contributed by atoms with Crippen LogP contribution in [0.15, 0.2) is 115 Å². The molecule has 0 radical (unpaired) electrons. The van der Waals surface area contributed by atoms with Gasteiger partial charge in [-0.05, 0) is 68.0 Å². The predicted octanol–water partition coefficient (Wildman–Crippen LogP) is 7.33. The molecule has 0 unspecified atom stereocenters. The second-order valence-electron chi connectivity index (χ2n) is 15.1. The van der Waals surface area contributed by atoms with Crippen molar-refractivity contribution in [3.05, 3.63) is 138 Å². The summed E-state index contributed by atoms with van der Waals surface area (Å²) in [5.41, 5.74) is 1.10. The summed E-state index contributed by atoms with van der Waals surface area (Å²) in [5, 5.41) is 5.92. The summed E-state index contributed by atoms with van der Waals surface area (Å²) in [4.78, 5) is 59.1.